The fourth-order valence-corrected chi connectivity index (χ4v) is 1.42. The van der Waals surface area contributed by atoms with Gasteiger partial charge in [0.05, 0.1) is 19.1 Å². The third kappa shape index (κ3) is 4.05. The van der Waals surface area contributed by atoms with Crippen LogP contribution in [0.3, 0.4) is 0 Å². The molecule has 0 aromatic carbocycles. The van der Waals surface area contributed by atoms with Crippen LogP contribution in [0.25, 0.3) is 0 Å². The van der Waals surface area contributed by atoms with Crippen LogP contribution in [0, 0.1) is 0 Å². The summed E-state index contributed by atoms with van der Waals surface area (Å²) >= 11 is 0. The first-order chi connectivity index (χ1) is 6.65. The van der Waals surface area contributed by atoms with Crippen LogP contribution in [0.4, 0.5) is 0 Å². The van der Waals surface area contributed by atoms with E-state index < -0.39 is 6.04 Å². The molecule has 5 nitrogen and oxygen atoms in total. The minimum absolute atomic E-state index is 0. The van der Waals surface area contributed by atoms with Gasteiger partial charge in [0.25, 0.3) is 0 Å². The number of nitrogens with one attached hydrogen (secondary N) is 1. The first-order valence-corrected chi connectivity index (χ1v) is 4.79. The summed E-state index contributed by atoms with van der Waals surface area (Å²) in [5, 5.41) is 3.00. The van der Waals surface area contributed by atoms with E-state index in [1.807, 2.05) is 0 Å². The molecule has 1 heterocycles. The molecule has 1 N–H and O–H groups in total. The van der Waals surface area contributed by atoms with Gasteiger partial charge < -0.3 is 15.0 Å². The summed E-state index contributed by atoms with van der Waals surface area (Å²) in [6.45, 7) is 3.53. The Morgan fingerprint density at radius 3 is 2.93 bits per heavy atom. The highest BCUT2D eigenvalue weighted by Gasteiger charge is 2.28. The van der Waals surface area contributed by atoms with Gasteiger partial charge in [-0.05, 0) is 6.92 Å². The molecule has 1 atom stereocenters. The van der Waals surface area contributed by atoms with Crippen molar-refractivity contribution in [1.29, 1.82) is 0 Å². The molecule has 1 saturated heterocycles. The number of rotatable bonds is 3. The molecule has 1 rings (SSSR count). The molecular formula is C9H17ClN2O3. The van der Waals surface area contributed by atoms with E-state index in [1.54, 1.807) is 18.9 Å². The number of nitrogens with zero attached hydrogens (tertiary/aromatic N) is 1. The lowest BCUT2D eigenvalue weighted by atomic mass is 10.1. The van der Waals surface area contributed by atoms with Gasteiger partial charge in [-0.1, -0.05) is 0 Å². The van der Waals surface area contributed by atoms with Crippen molar-refractivity contribution in [2.75, 3.05) is 26.7 Å². The maximum atomic E-state index is 11.5. The fourth-order valence-electron chi connectivity index (χ4n) is 1.42. The zero-order valence-electron chi connectivity index (χ0n) is 8.99. The van der Waals surface area contributed by atoms with Gasteiger partial charge in [0.15, 0.2) is 0 Å². The average Bonchev–Trinajstić information content (AvgIpc) is 2.13. The average molecular weight is 237 g/mol. The maximum absolute atomic E-state index is 11.5. The Labute approximate surface area is 95.6 Å². The van der Waals surface area contributed by atoms with Crippen molar-refractivity contribution in [3.63, 3.8) is 0 Å². The molecule has 88 valence electrons. The van der Waals surface area contributed by atoms with Crippen LogP contribution in [0.15, 0.2) is 0 Å². The summed E-state index contributed by atoms with van der Waals surface area (Å²) in [5.41, 5.74) is 0. The quantitative estimate of drug-likeness (QED) is 0.689. The molecule has 1 aliphatic heterocycles. The first kappa shape index (κ1) is 14.2. The minimum atomic E-state index is -0.409. The first-order valence-electron chi connectivity index (χ1n) is 4.79. The Kier molecular flexibility index (Phi) is 6.27. The SMILES string of the molecule is CCOC(=O)CC1NCCN(C)C1=O.Cl. The second kappa shape index (κ2) is 6.63. The number of carbonyl (C=O) groups is 2. The van der Waals surface area contributed by atoms with E-state index in [4.69, 9.17) is 4.74 Å². The van der Waals surface area contributed by atoms with Crippen LogP contribution in [-0.2, 0) is 14.3 Å². The minimum Gasteiger partial charge on any atom is -0.466 e. The maximum Gasteiger partial charge on any atom is 0.307 e. The van der Waals surface area contributed by atoms with E-state index in [0.717, 1.165) is 6.54 Å². The smallest absolute Gasteiger partial charge is 0.307 e. The van der Waals surface area contributed by atoms with Crippen LogP contribution in [-0.4, -0.2) is 49.6 Å². The molecule has 1 aliphatic rings. The fraction of sp³-hybridized carbons (Fsp3) is 0.778. The summed E-state index contributed by atoms with van der Waals surface area (Å²) in [4.78, 5) is 24.3. The van der Waals surface area contributed by atoms with Crippen LogP contribution in [0.1, 0.15) is 13.3 Å². The van der Waals surface area contributed by atoms with Crippen LogP contribution >= 0.6 is 12.4 Å². The lowest BCUT2D eigenvalue weighted by molar-refractivity contribution is -0.147. The molecule has 1 unspecified atom stereocenters. The Morgan fingerprint density at radius 2 is 2.33 bits per heavy atom. The van der Waals surface area contributed by atoms with Crippen LogP contribution in [0.2, 0.25) is 0 Å². The molecule has 0 aromatic heterocycles. The summed E-state index contributed by atoms with van der Waals surface area (Å²) < 4.78 is 4.78. The number of likely N-dealkylation sites (N-methyl/N-ethyl adjacent to an activating group) is 1. The second-order valence-electron chi connectivity index (χ2n) is 3.28. The van der Waals surface area contributed by atoms with Gasteiger partial charge in [0.2, 0.25) is 5.91 Å². The molecule has 1 fully saturated rings. The molecule has 0 bridgehead atoms. The van der Waals surface area contributed by atoms with Crippen molar-refractivity contribution in [3.8, 4) is 0 Å². The van der Waals surface area contributed by atoms with Crippen molar-refractivity contribution in [2.24, 2.45) is 0 Å². The van der Waals surface area contributed by atoms with Gasteiger partial charge in [-0.25, -0.2) is 0 Å². The Balaban J connectivity index is 0.00000196. The summed E-state index contributed by atoms with van der Waals surface area (Å²) in [6, 6.07) is -0.409. The van der Waals surface area contributed by atoms with Crippen molar-refractivity contribution < 1.29 is 14.3 Å². The number of hydrogen-bond acceptors (Lipinski definition) is 4. The monoisotopic (exact) mass is 236 g/mol. The van der Waals surface area contributed by atoms with Gasteiger partial charge in [-0.3, -0.25) is 9.59 Å². The summed E-state index contributed by atoms with van der Waals surface area (Å²) in [7, 11) is 1.74. The third-order valence-corrected chi connectivity index (χ3v) is 2.19. The highest BCUT2D eigenvalue weighted by Crippen LogP contribution is 2.03. The lowest BCUT2D eigenvalue weighted by Crippen LogP contribution is -2.54. The van der Waals surface area contributed by atoms with E-state index in [-0.39, 0.29) is 30.7 Å². The number of piperazine rings is 1. The summed E-state index contributed by atoms with van der Waals surface area (Å²) in [5.74, 6) is -0.363. The predicted octanol–water partition coefficient (Wildman–Crippen LogP) is -0.208. The number of carbonyl (C=O) groups excluding carboxylic acids is 2. The normalized spacial score (nSPS) is 20.8. The van der Waals surface area contributed by atoms with E-state index in [2.05, 4.69) is 5.32 Å². The molecule has 0 spiro atoms. The third-order valence-electron chi connectivity index (χ3n) is 2.19. The standard InChI is InChI=1S/C9H16N2O3.ClH/c1-3-14-8(12)6-7-9(13)11(2)5-4-10-7;/h7,10H,3-6H2,1-2H3;1H. The molecule has 0 radical (unpaired) electrons. The second-order valence-corrected chi connectivity index (χ2v) is 3.28. The molecule has 0 aromatic rings. The number of ether oxygens (including phenoxy) is 1. The number of amides is 1. The largest absolute Gasteiger partial charge is 0.466 e. The van der Waals surface area contributed by atoms with Gasteiger partial charge in [-0.2, -0.15) is 0 Å². The summed E-state index contributed by atoms with van der Waals surface area (Å²) in [6.07, 6.45) is 0.122. The molecule has 0 saturated carbocycles. The molecule has 6 heteroatoms. The molecule has 1 amide bonds. The van der Waals surface area contributed by atoms with Gasteiger partial charge in [0, 0.05) is 20.1 Å². The number of esters is 1. The molecule has 15 heavy (non-hydrogen) atoms. The van der Waals surface area contributed by atoms with Gasteiger partial charge in [-0.15, -0.1) is 12.4 Å². The van der Waals surface area contributed by atoms with Crippen molar-refractivity contribution in [3.05, 3.63) is 0 Å². The van der Waals surface area contributed by atoms with Gasteiger partial charge in [0.1, 0.15) is 0 Å². The number of hydrogen-bond donors (Lipinski definition) is 1. The highest BCUT2D eigenvalue weighted by molar-refractivity contribution is 5.87. The van der Waals surface area contributed by atoms with Crippen molar-refractivity contribution >= 4 is 24.3 Å². The zero-order valence-corrected chi connectivity index (χ0v) is 9.80. The van der Waals surface area contributed by atoms with Crippen molar-refractivity contribution in [1.82, 2.24) is 10.2 Å². The Morgan fingerprint density at radius 1 is 1.67 bits per heavy atom. The molecule has 0 aliphatic carbocycles. The molecular weight excluding hydrogens is 220 g/mol. The number of halogens is 1. The topological polar surface area (TPSA) is 58.6 Å². The Bertz CT molecular complexity index is 235. The van der Waals surface area contributed by atoms with E-state index >= 15 is 0 Å². The van der Waals surface area contributed by atoms with Crippen molar-refractivity contribution in [2.45, 2.75) is 19.4 Å². The van der Waals surface area contributed by atoms with Crippen LogP contribution < -0.4 is 5.32 Å². The van der Waals surface area contributed by atoms with E-state index in [1.165, 1.54) is 0 Å². The van der Waals surface area contributed by atoms with E-state index in [9.17, 15) is 9.59 Å². The predicted molar refractivity (Wildman–Crippen MR) is 57.9 cm³/mol. The van der Waals surface area contributed by atoms with Crippen LogP contribution in [0.5, 0.6) is 0 Å². The Hall–Kier alpha value is -0.810. The highest BCUT2D eigenvalue weighted by atomic mass is 35.5. The lowest BCUT2D eigenvalue weighted by Gasteiger charge is -2.29. The van der Waals surface area contributed by atoms with Gasteiger partial charge >= 0.3 is 5.97 Å². The zero-order chi connectivity index (χ0) is 10.6. The van der Waals surface area contributed by atoms with E-state index in [0.29, 0.717) is 13.2 Å².